The van der Waals surface area contributed by atoms with Gasteiger partial charge in [0.15, 0.2) is 0 Å². The van der Waals surface area contributed by atoms with Crippen LogP contribution >= 0.6 is 39.1 Å². The molecule has 2 atom stereocenters. The SMILES string of the molecule is CC[C@H](C)NC(=O)[C@H](Cc1ccccc1)N(Cc1ccc(Br)cc1)C(=O)CN(c1cc(Cl)cc(Cl)c1)S(=O)(=O)c1ccccc1. The summed E-state index contributed by atoms with van der Waals surface area (Å²) in [5.74, 6) is -0.907. The lowest BCUT2D eigenvalue weighted by atomic mass is 10.0. The zero-order chi connectivity index (χ0) is 32.6. The van der Waals surface area contributed by atoms with Crippen molar-refractivity contribution >= 4 is 66.7 Å². The molecule has 0 radical (unpaired) electrons. The first-order valence-corrected chi connectivity index (χ1v) is 17.4. The van der Waals surface area contributed by atoms with E-state index in [2.05, 4.69) is 21.2 Å². The van der Waals surface area contributed by atoms with Crippen molar-refractivity contribution in [1.29, 1.82) is 0 Å². The molecule has 0 saturated carbocycles. The van der Waals surface area contributed by atoms with E-state index in [4.69, 9.17) is 23.2 Å². The van der Waals surface area contributed by atoms with Gasteiger partial charge in [-0.2, -0.15) is 0 Å². The Hall–Kier alpha value is -3.37. The first-order valence-electron chi connectivity index (χ1n) is 14.4. The number of amides is 2. The van der Waals surface area contributed by atoms with Gasteiger partial charge >= 0.3 is 0 Å². The highest BCUT2D eigenvalue weighted by molar-refractivity contribution is 9.10. The third-order valence-electron chi connectivity index (χ3n) is 7.28. The number of hydrogen-bond donors (Lipinski definition) is 1. The fraction of sp³-hybridized carbons (Fsp3) is 0.235. The number of hydrogen-bond acceptors (Lipinski definition) is 4. The Morgan fingerprint density at radius 3 is 2.00 bits per heavy atom. The van der Waals surface area contributed by atoms with Crippen LogP contribution in [0, 0.1) is 0 Å². The van der Waals surface area contributed by atoms with Crippen molar-refractivity contribution < 1.29 is 18.0 Å². The van der Waals surface area contributed by atoms with Gasteiger partial charge in [-0.05, 0) is 66.9 Å². The molecule has 4 aromatic carbocycles. The lowest BCUT2D eigenvalue weighted by Gasteiger charge is -2.34. The second-order valence-electron chi connectivity index (χ2n) is 10.6. The van der Waals surface area contributed by atoms with Gasteiger partial charge in [-0.1, -0.05) is 107 Å². The lowest BCUT2D eigenvalue weighted by molar-refractivity contribution is -0.140. The summed E-state index contributed by atoms with van der Waals surface area (Å²) in [7, 11) is -4.26. The highest BCUT2D eigenvalue weighted by Crippen LogP contribution is 2.30. The topological polar surface area (TPSA) is 86.8 Å². The van der Waals surface area contributed by atoms with E-state index in [1.807, 2.05) is 68.4 Å². The van der Waals surface area contributed by atoms with Crippen LogP contribution in [0.4, 0.5) is 5.69 Å². The molecule has 0 unspecified atom stereocenters. The second kappa shape index (κ2) is 15.8. The van der Waals surface area contributed by atoms with Gasteiger partial charge in [-0.15, -0.1) is 0 Å². The minimum atomic E-state index is -4.26. The number of nitrogens with one attached hydrogen (secondary N) is 1. The van der Waals surface area contributed by atoms with Crippen molar-refractivity contribution in [2.75, 3.05) is 10.8 Å². The van der Waals surface area contributed by atoms with Gasteiger partial charge in [-0.25, -0.2) is 8.42 Å². The molecular weight excluding hydrogens is 697 g/mol. The first-order chi connectivity index (χ1) is 21.5. The highest BCUT2D eigenvalue weighted by Gasteiger charge is 2.35. The third-order valence-corrected chi connectivity index (χ3v) is 10.0. The van der Waals surface area contributed by atoms with E-state index in [1.54, 1.807) is 18.2 Å². The molecule has 45 heavy (non-hydrogen) atoms. The quantitative estimate of drug-likeness (QED) is 0.154. The first kappa shape index (κ1) is 34.5. The largest absolute Gasteiger partial charge is 0.352 e. The summed E-state index contributed by atoms with van der Waals surface area (Å²) in [6.45, 7) is 3.32. The maximum absolute atomic E-state index is 14.5. The van der Waals surface area contributed by atoms with Gasteiger partial charge in [0.1, 0.15) is 12.6 Å². The standard InChI is InChI=1S/C34H34BrCl2N3O4S/c1-3-24(2)38-34(42)32(18-25-10-6-4-7-11-25)39(22-26-14-16-27(35)17-15-26)33(41)23-40(30-20-28(36)19-29(37)21-30)45(43,44)31-12-8-5-9-13-31/h4-17,19-21,24,32H,3,18,22-23H2,1-2H3,(H,38,42)/t24-,32-/m0/s1. The van der Waals surface area contributed by atoms with Crippen LogP contribution in [-0.4, -0.2) is 43.8 Å². The van der Waals surface area contributed by atoms with E-state index >= 15 is 0 Å². The maximum atomic E-state index is 14.5. The Balaban J connectivity index is 1.82. The maximum Gasteiger partial charge on any atom is 0.264 e. The van der Waals surface area contributed by atoms with Crippen LogP contribution in [0.1, 0.15) is 31.4 Å². The van der Waals surface area contributed by atoms with Crippen molar-refractivity contribution in [3.63, 3.8) is 0 Å². The molecule has 1 N–H and O–H groups in total. The third kappa shape index (κ3) is 9.33. The second-order valence-corrected chi connectivity index (χ2v) is 14.3. The lowest BCUT2D eigenvalue weighted by Crippen LogP contribution is -2.54. The molecule has 0 aromatic heterocycles. The molecule has 4 aromatic rings. The van der Waals surface area contributed by atoms with E-state index in [0.717, 1.165) is 19.9 Å². The Morgan fingerprint density at radius 1 is 0.844 bits per heavy atom. The zero-order valence-electron chi connectivity index (χ0n) is 24.9. The molecule has 236 valence electrons. The number of rotatable bonds is 13. The van der Waals surface area contributed by atoms with E-state index in [0.29, 0.717) is 6.42 Å². The molecule has 0 fully saturated rings. The van der Waals surface area contributed by atoms with Gasteiger partial charge in [-0.3, -0.25) is 13.9 Å². The monoisotopic (exact) mass is 729 g/mol. The molecule has 0 aliphatic heterocycles. The Bertz CT molecular complexity index is 1690. The zero-order valence-corrected chi connectivity index (χ0v) is 28.8. The number of anilines is 1. The van der Waals surface area contributed by atoms with Crippen molar-refractivity contribution in [3.05, 3.63) is 129 Å². The summed E-state index contributed by atoms with van der Waals surface area (Å²) in [6.07, 6.45) is 0.920. The van der Waals surface area contributed by atoms with Gasteiger partial charge in [0.25, 0.3) is 10.0 Å². The van der Waals surface area contributed by atoms with Crippen LogP contribution in [0.5, 0.6) is 0 Å². The van der Waals surface area contributed by atoms with Crippen molar-refractivity contribution in [2.24, 2.45) is 0 Å². The molecule has 2 amide bonds. The van der Waals surface area contributed by atoms with Crippen LogP contribution in [-0.2, 0) is 32.6 Å². The summed E-state index contributed by atoms with van der Waals surface area (Å²) in [6, 6.07) is 27.9. The smallest absolute Gasteiger partial charge is 0.264 e. The van der Waals surface area contributed by atoms with Crippen molar-refractivity contribution in [3.8, 4) is 0 Å². The fourth-order valence-electron chi connectivity index (χ4n) is 4.71. The molecule has 0 saturated heterocycles. The molecule has 0 aliphatic carbocycles. The highest BCUT2D eigenvalue weighted by atomic mass is 79.9. The Kier molecular flexibility index (Phi) is 12.1. The predicted octanol–water partition coefficient (Wildman–Crippen LogP) is 7.51. The van der Waals surface area contributed by atoms with Crippen LogP contribution in [0.2, 0.25) is 10.0 Å². The number of carbonyl (C=O) groups excluding carboxylic acids is 2. The average molecular weight is 732 g/mol. The molecule has 7 nitrogen and oxygen atoms in total. The van der Waals surface area contributed by atoms with Crippen LogP contribution in [0.25, 0.3) is 0 Å². The molecule has 0 heterocycles. The Labute approximate surface area is 283 Å². The summed E-state index contributed by atoms with van der Waals surface area (Å²) < 4.78 is 30.0. The van der Waals surface area contributed by atoms with Crippen molar-refractivity contribution in [1.82, 2.24) is 10.2 Å². The average Bonchev–Trinajstić information content (AvgIpc) is 3.02. The van der Waals surface area contributed by atoms with E-state index < -0.39 is 28.5 Å². The van der Waals surface area contributed by atoms with Gasteiger partial charge in [0, 0.05) is 33.5 Å². The van der Waals surface area contributed by atoms with E-state index in [9.17, 15) is 18.0 Å². The van der Waals surface area contributed by atoms with Crippen LogP contribution in [0.3, 0.4) is 0 Å². The van der Waals surface area contributed by atoms with Crippen LogP contribution in [0.15, 0.2) is 112 Å². The predicted molar refractivity (Wildman–Crippen MR) is 184 cm³/mol. The van der Waals surface area contributed by atoms with Crippen LogP contribution < -0.4 is 9.62 Å². The summed E-state index contributed by atoms with van der Waals surface area (Å²) in [5, 5.41) is 3.45. The molecule has 4 rings (SSSR count). The van der Waals surface area contributed by atoms with E-state index in [-0.39, 0.29) is 45.5 Å². The molecule has 0 bridgehead atoms. The number of sulfonamides is 1. The normalized spacial score (nSPS) is 12.6. The minimum absolute atomic E-state index is 0.0105. The van der Waals surface area contributed by atoms with Crippen molar-refractivity contribution in [2.45, 2.75) is 50.2 Å². The molecule has 0 spiro atoms. The van der Waals surface area contributed by atoms with E-state index in [1.165, 1.54) is 35.2 Å². The summed E-state index contributed by atoms with van der Waals surface area (Å²) >= 11 is 16.0. The fourth-order valence-corrected chi connectivity index (χ4v) is 6.91. The molecular formula is C34H34BrCl2N3O4S. The van der Waals surface area contributed by atoms with Gasteiger partial charge in [0.2, 0.25) is 11.8 Å². The number of halogens is 3. The number of benzene rings is 4. The molecule has 0 aliphatic rings. The van der Waals surface area contributed by atoms with Gasteiger partial charge < -0.3 is 10.2 Å². The number of carbonyl (C=O) groups is 2. The van der Waals surface area contributed by atoms with Gasteiger partial charge in [0.05, 0.1) is 10.6 Å². The molecule has 11 heteroatoms. The minimum Gasteiger partial charge on any atom is -0.352 e. The Morgan fingerprint density at radius 2 is 1.42 bits per heavy atom. The summed E-state index contributed by atoms with van der Waals surface area (Å²) in [4.78, 5) is 29.8. The number of nitrogens with zero attached hydrogens (tertiary/aromatic N) is 2. The summed E-state index contributed by atoms with van der Waals surface area (Å²) in [5.41, 5.74) is 1.74.